The lowest BCUT2D eigenvalue weighted by Gasteiger charge is -2.33. The standard InChI is InChI=1S/C17H25N3O4S/c1-17(2,3)25(23,24)19-16(22)13-8-10-20(11-9-13)14-6-4-12(5-7-14)15(18)21/h4-7,13H,8-11H2,1-3H3,(H2,18,21)(H,19,22). The van der Waals surface area contributed by atoms with E-state index in [4.69, 9.17) is 5.73 Å². The first kappa shape index (κ1) is 19.2. The molecule has 0 unspecified atom stereocenters. The van der Waals surface area contributed by atoms with Crippen LogP contribution in [0.4, 0.5) is 5.69 Å². The Morgan fingerprint density at radius 1 is 1.12 bits per heavy atom. The van der Waals surface area contributed by atoms with Crippen LogP contribution < -0.4 is 15.4 Å². The van der Waals surface area contributed by atoms with Crippen molar-refractivity contribution in [3.63, 3.8) is 0 Å². The summed E-state index contributed by atoms with van der Waals surface area (Å²) in [5.74, 6) is -1.22. The average molecular weight is 367 g/mol. The van der Waals surface area contributed by atoms with Gasteiger partial charge in [-0.2, -0.15) is 0 Å². The summed E-state index contributed by atoms with van der Waals surface area (Å²) in [4.78, 5) is 25.5. The fourth-order valence-corrected chi connectivity index (χ4v) is 3.34. The Morgan fingerprint density at radius 2 is 1.64 bits per heavy atom. The number of anilines is 1. The normalized spacial score (nSPS) is 16.5. The summed E-state index contributed by atoms with van der Waals surface area (Å²) in [6.45, 7) is 5.95. The average Bonchev–Trinajstić information content (AvgIpc) is 2.53. The molecule has 1 aromatic carbocycles. The van der Waals surface area contributed by atoms with Gasteiger partial charge < -0.3 is 10.6 Å². The highest BCUT2D eigenvalue weighted by atomic mass is 32.2. The Bertz CT molecular complexity index is 743. The lowest BCUT2D eigenvalue weighted by molar-refractivity contribution is -0.123. The molecular weight excluding hydrogens is 342 g/mol. The van der Waals surface area contributed by atoms with Crippen molar-refractivity contribution in [3.8, 4) is 0 Å². The Hall–Kier alpha value is -2.09. The molecule has 2 rings (SSSR count). The topological polar surface area (TPSA) is 110 Å². The van der Waals surface area contributed by atoms with E-state index in [1.807, 2.05) is 12.1 Å². The summed E-state index contributed by atoms with van der Waals surface area (Å²) in [6.07, 6.45) is 1.14. The SMILES string of the molecule is CC(C)(C)S(=O)(=O)NC(=O)C1CCN(c2ccc(C(N)=O)cc2)CC1. The van der Waals surface area contributed by atoms with Crippen LogP contribution in [0.15, 0.2) is 24.3 Å². The number of carbonyl (C=O) groups excluding carboxylic acids is 2. The fourth-order valence-electron chi connectivity index (χ4n) is 2.61. The van der Waals surface area contributed by atoms with Gasteiger partial charge in [-0.3, -0.25) is 14.3 Å². The third-order valence-electron chi connectivity index (χ3n) is 4.42. The molecule has 2 amide bonds. The molecular formula is C17H25N3O4S. The molecule has 0 aliphatic carbocycles. The molecule has 25 heavy (non-hydrogen) atoms. The van der Waals surface area contributed by atoms with Crippen molar-refractivity contribution in [2.45, 2.75) is 38.4 Å². The second-order valence-corrected chi connectivity index (χ2v) is 9.69. The number of nitrogens with two attached hydrogens (primary N) is 1. The van der Waals surface area contributed by atoms with Crippen LogP contribution in [0.3, 0.4) is 0 Å². The van der Waals surface area contributed by atoms with Crippen LogP contribution in [0, 0.1) is 5.92 Å². The van der Waals surface area contributed by atoms with E-state index in [1.165, 1.54) is 0 Å². The summed E-state index contributed by atoms with van der Waals surface area (Å²) in [7, 11) is -3.68. The van der Waals surface area contributed by atoms with Crippen LogP contribution in [0.25, 0.3) is 0 Å². The van der Waals surface area contributed by atoms with Gasteiger partial charge in [-0.1, -0.05) is 0 Å². The quantitative estimate of drug-likeness (QED) is 0.832. The monoisotopic (exact) mass is 367 g/mol. The van der Waals surface area contributed by atoms with E-state index in [0.29, 0.717) is 31.5 Å². The molecule has 7 nitrogen and oxygen atoms in total. The number of nitrogens with zero attached hydrogens (tertiary/aromatic N) is 1. The minimum Gasteiger partial charge on any atom is -0.371 e. The van der Waals surface area contributed by atoms with Crippen LogP contribution in [0.2, 0.25) is 0 Å². The zero-order chi connectivity index (χ0) is 18.8. The number of rotatable bonds is 4. The molecule has 3 N–H and O–H groups in total. The van der Waals surface area contributed by atoms with Crippen molar-refractivity contribution in [1.82, 2.24) is 4.72 Å². The maximum Gasteiger partial charge on any atom is 0.248 e. The number of carbonyl (C=O) groups is 2. The smallest absolute Gasteiger partial charge is 0.248 e. The van der Waals surface area contributed by atoms with Gasteiger partial charge >= 0.3 is 0 Å². The summed E-state index contributed by atoms with van der Waals surface area (Å²) in [5, 5.41) is 0. The molecule has 0 radical (unpaired) electrons. The Morgan fingerprint density at radius 3 is 2.08 bits per heavy atom. The zero-order valence-corrected chi connectivity index (χ0v) is 15.6. The number of amides is 2. The Kier molecular flexibility index (Phi) is 5.41. The Labute approximate surface area is 148 Å². The van der Waals surface area contributed by atoms with Gasteiger partial charge in [-0.05, 0) is 57.9 Å². The predicted molar refractivity (Wildman–Crippen MR) is 96.7 cm³/mol. The Balaban J connectivity index is 1.95. The van der Waals surface area contributed by atoms with E-state index in [2.05, 4.69) is 9.62 Å². The van der Waals surface area contributed by atoms with Crippen LogP contribution >= 0.6 is 0 Å². The molecule has 1 aromatic rings. The number of hydrogen-bond acceptors (Lipinski definition) is 5. The van der Waals surface area contributed by atoms with Gasteiger partial charge in [0.15, 0.2) is 0 Å². The highest BCUT2D eigenvalue weighted by Crippen LogP contribution is 2.24. The molecule has 8 heteroatoms. The van der Waals surface area contributed by atoms with Gasteiger partial charge in [0, 0.05) is 30.3 Å². The van der Waals surface area contributed by atoms with Crippen molar-refractivity contribution in [2.75, 3.05) is 18.0 Å². The summed E-state index contributed by atoms with van der Waals surface area (Å²) in [6, 6.07) is 6.99. The van der Waals surface area contributed by atoms with E-state index in [-0.39, 0.29) is 5.92 Å². The second-order valence-electron chi connectivity index (χ2n) is 7.25. The zero-order valence-electron chi connectivity index (χ0n) is 14.8. The third-order valence-corrected chi connectivity index (χ3v) is 6.51. The lowest BCUT2D eigenvalue weighted by atomic mass is 9.96. The molecule has 1 fully saturated rings. The molecule has 0 bridgehead atoms. The van der Waals surface area contributed by atoms with Crippen molar-refractivity contribution in [2.24, 2.45) is 11.7 Å². The molecule has 0 saturated carbocycles. The molecule has 1 heterocycles. The van der Waals surface area contributed by atoms with Gasteiger partial charge in [0.1, 0.15) is 0 Å². The van der Waals surface area contributed by atoms with Gasteiger partial charge in [0.2, 0.25) is 21.8 Å². The van der Waals surface area contributed by atoms with E-state index in [1.54, 1.807) is 32.9 Å². The van der Waals surface area contributed by atoms with E-state index < -0.39 is 26.6 Å². The first-order chi connectivity index (χ1) is 11.5. The van der Waals surface area contributed by atoms with Crippen molar-refractivity contribution in [3.05, 3.63) is 29.8 Å². The van der Waals surface area contributed by atoms with Crippen molar-refractivity contribution < 1.29 is 18.0 Å². The van der Waals surface area contributed by atoms with E-state index >= 15 is 0 Å². The highest BCUT2D eigenvalue weighted by molar-refractivity contribution is 7.91. The number of nitrogens with one attached hydrogen (secondary N) is 1. The number of hydrogen-bond donors (Lipinski definition) is 2. The molecule has 0 spiro atoms. The van der Waals surface area contributed by atoms with E-state index in [9.17, 15) is 18.0 Å². The maximum absolute atomic E-state index is 12.3. The number of benzene rings is 1. The highest BCUT2D eigenvalue weighted by Gasteiger charge is 2.34. The molecule has 138 valence electrons. The third kappa shape index (κ3) is 4.50. The van der Waals surface area contributed by atoms with Gasteiger partial charge in [-0.25, -0.2) is 8.42 Å². The lowest BCUT2D eigenvalue weighted by Crippen LogP contribution is -2.47. The summed E-state index contributed by atoms with van der Waals surface area (Å²) >= 11 is 0. The predicted octanol–water partition coefficient (Wildman–Crippen LogP) is 1.25. The minimum absolute atomic E-state index is 0.321. The molecule has 1 saturated heterocycles. The number of piperidine rings is 1. The number of primary amides is 1. The second kappa shape index (κ2) is 7.03. The molecule has 1 aliphatic heterocycles. The maximum atomic E-state index is 12.3. The van der Waals surface area contributed by atoms with E-state index in [0.717, 1.165) is 5.69 Å². The molecule has 0 aromatic heterocycles. The van der Waals surface area contributed by atoms with Crippen LogP contribution in [-0.2, 0) is 14.8 Å². The van der Waals surface area contributed by atoms with Gasteiger partial charge in [-0.15, -0.1) is 0 Å². The first-order valence-electron chi connectivity index (χ1n) is 8.22. The van der Waals surface area contributed by atoms with Crippen molar-refractivity contribution >= 4 is 27.5 Å². The van der Waals surface area contributed by atoms with Gasteiger partial charge in [0.05, 0.1) is 4.75 Å². The van der Waals surface area contributed by atoms with Crippen LogP contribution in [-0.4, -0.2) is 38.1 Å². The van der Waals surface area contributed by atoms with Crippen LogP contribution in [0.1, 0.15) is 44.0 Å². The fraction of sp³-hybridized carbons (Fsp3) is 0.529. The van der Waals surface area contributed by atoms with Crippen LogP contribution in [0.5, 0.6) is 0 Å². The first-order valence-corrected chi connectivity index (χ1v) is 9.70. The summed E-state index contributed by atoms with van der Waals surface area (Å²) in [5.41, 5.74) is 6.63. The largest absolute Gasteiger partial charge is 0.371 e. The molecule has 1 aliphatic rings. The van der Waals surface area contributed by atoms with Gasteiger partial charge in [0.25, 0.3) is 0 Å². The molecule has 0 atom stereocenters. The summed E-state index contributed by atoms with van der Waals surface area (Å²) < 4.78 is 25.4. The minimum atomic E-state index is -3.68. The number of sulfonamides is 1. The van der Waals surface area contributed by atoms with Crippen molar-refractivity contribution in [1.29, 1.82) is 0 Å².